The molecule has 134 valence electrons. The number of furan rings is 1. The van der Waals surface area contributed by atoms with E-state index < -0.39 is 0 Å². The van der Waals surface area contributed by atoms with Crippen molar-refractivity contribution in [1.82, 2.24) is 4.98 Å². The van der Waals surface area contributed by atoms with Crippen LogP contribution < -0.4 is 0 Å². The van der Waals surface area contributed by atoms with Crippen molar-refractivity contribution in [2.45, 2.75) is 5.03 Å². The van der Waals surface area contributed by atoms with Crippen molar-refractivity contribution in [1.29, 1.82) is 10.5 Å². The highest BCUT2D eigenvalue weighted by molar-refractivity contribution is 7.99. The maximum atomic E-state index is 9.75. The highest BCUT2D eigenvalue weighted by Gasteiger charge is 2.17. The Morgan fingerprint density at radius 2 is 1.82 bits per heavy atom. The number of hydrogen-bond acceptors (Lipinski definition) is 5. The normalized spacial score (nSPS) is 10.5. The van der Waals surface area contributed by atoms with Gasteiger partial charge in [0, 0.05) is 16.0 Å². The minimum absolute atomic E-state index is 0.200. The minimum atomic E-state index is 0.200. The van der Waals surface area contributed by atoms with Crippen LogP contribution in [0.4, 0.5) is 0 Å². The molecule has 0 saturated heterocycles. The number of hydrogen-bond donors (Lipinski definition) is 0. The minimum Gasteiger partial charge on any atom is -0.454 e. The number of aromatic nitrogens is 1. The van der Waals surface area contributed by atoms with Crippen molar-refractivity contribution in [3.63, 3.8) is 0 Å². The van der Waals surface area contributed by atoms with Gasteiger partial charge in [0.15, 0.2) is 5.76 Å². The first kappa shape index (κ1) is 18.1. The number of nitriles is 2. The lowest BCUT2D eigenvalue weighted by atomic mass is 10.0. The summed E-state index contributed by atoms with van der Waals surface area (Å²) >= 11 is 7.25. The third-order valence-electron chi connectivity index (χ3n) is 4.20. The average Bonchev–Trinajstić information content (AvgIpc) is 3.16. The van der Waals surface area contributed by atoms with E-state index in [1.54, 1.807) is 12.1 Å². The van der Waals surface area contributed by atoms with Gasteiger partial charge in [-0.1, -0.05) is 53.7 Å². The van der Waals surface area contributed by atoms with Crippen LogP contribution in [-0.2, 0) is 0 Å². The lowest BCUT2D eigenvalue weighted by molar-refractivity contribution is 0.628. The molecular weight excluding hydrogens is 390 g/mol. The predicted molar refractivity (Wildman–Crippen MR) is 111 cm³/mol. The number of thioether (sulfide) groups is 1. The van der Waals surface area contributed by atoms with Crippen molar-refractivity contribution in [2.75, 3.05) is 5.75 Å². The van der Waals surface area contributed by atoms with E-state index in [0.717, 1.165) is 22.1 Å². The third-order valence-corrected chi connectivity index (χ3v) is 5.30. The Morgan fingerprint density at radius 1 is 1.04 bits per heavy atom. The van der Waals surface area contributed by atoms with Gasteiger partial charge in [-0.15, -0.1) is 0 Å². The van der Waals surface area contributed by atoms with Crippen LogP contribution in [0.1, 0.15) is 5.56 Å². The lowest BCUT2D eigenvalue weighted by Crippen LogP contribution is -1.95. The fraction of sp³-hybridized carbons (Fsp3) is 0.0455. The van der Waals surface area contributed by atoms with Crippen LogP contribution >= 0.6 is 23.4 Å². The molecule has 2 heterocycles. The Bertz CT molecular complexity index is 1220. The average molecular weight is 402 g/mol. The molecule has 0 unspecified atom stereocenters. The van der Waals surface area contributed by atoms with Crippen molar-refractivity contribution in [3.05, 3.63) is 71.2 Å². The summed E-state index contributed by atoms with van der Waals surface area (Å²) in [6.45, 7) is 0. The van der Waals surface area contributed by atoms with E-state index >= 15 is 0 Å². The summed E-state index contributed by atoms with van der Waals surface area (Å²) in [5.74, 6) is 0.811. The number of rotatable bonds is 4. The molecule has 0 amide bonds. The van der Waals surface area contributed by atoms with Crippen molar-refractivity contribution in [2.24, 2.45) is 0 Å². The lowest BCUT2D eigenvalue weighted by Gasteiger charge is -2.10. The summed E-state index contributed by atoms with van der Waals surface area (Å²) in [5, 5.41) is 20.8. The second kappa shape index (κ2) is 7.78. The standard InChI is InChI=1S/C22H12ClN3OS/c23-16-7-5-14(6-8-16)17-12-19(26-22(18(17)13-25)28-10-9-24)21-11-15-3-1-2-4-20(15)27-21/h1-8,11-12H,10H2. The molecule has 0 saturated carbocycles. The van der Waals surface area contributed by atoms with Crippen LogP contribution in [0.2, 0.25) is 5.02 Å². The van der Waals surface area contributed by atoms with Crippen LogP contribution in [0.25, 0.3) is 33.6 Å². The smallest absolute Gasteiger partial charge is 0.153 e. The molecule has 0 aliphatic carbocycles. The van der Waals surface area contributed by atoms with Crippen molar-refractivity contribution in [3.8, 4) is 34.7 Å². The van der Waals surface area contributed by atoms with Gasteiger partial charge in [0.25, 0.3) is 0 Å². The number of pyridine rings is 1. The molecule has 4 nitrogen and oxygen atoms in total. The van der Waals surface area contributed by atoms with Crippen molar-refractivity contribution >= 4 is 34.3 Å². The van der Waals surface area contributed by atoms with Gasteiger partial charge in [-0.25, -0.2) is 4.98 Å². The molecule has 0 radical (unpaired) electrons. The second-order valence-corrected chi connectivity index (χ2v) is 7.35. The monoisotopic (exact) mass is 401 g/mol. The molecule has 28 heavy (non-hydrogen) atoms. The number of nitrogens with zero attached hydrogens (tertiary/aromatic N) is 3. The van der Waals surface area contributed by atoms with Crippen LogP contribution in [0.3, 0.4) is 0 Å². The topological polar surface area (TPSA) is 73.6 Å². The summed E-state index contributed by atoms with van der Waals surface area (Å²) in [6, 6.07) is 23.1. The molecular formula is C22H12ClN3OS. The highest BCUT2D eigenvalue weighted by Crippen LogP contribution is 2.36. The molecule has 0 aliphatic rings. The Kier molecular flexibility index (Phi) is 5.04. The Balaban J connectivity index is 1.93. The third kappa shape index (κ3) is 3.46. The predicted octanol–water partition coefficient (Wildman–Crippen LogP) is 6.30. The van der Waals surface area contributed by atoms with Crippen LogP contribution in [0.5, 0.6) is 0 Å². The molecule has 0 N–H and O–H groups in total. The Hall–Kier alpha value is -3.25. The van der Waals surface area contributed by atoms with Gasteiger partial charge < -0.3 is 4.42 Å². The van der Waals surface area contributed by atoms with E-state index in [9.17, 15) is 5.26 Å². The van der Waals surface area contributed by atoms with Gasteiger partial charge in [-0.2, -0.15) is 10.5 Å². The molecule has 2 aromatic heterocycles. The van der Waals surface area contributed by atoms with Gasteiger partial charge in [0.05, 0.1) is 17.4 Å². The zero-order chi connectivity index (χ0) is 19.5. The van der Waals surface area contributed by atoms with E-state index in [4.69, 9.17) is 21.3 Å². The summed E-state index contributed by atoms with van der Waals surface area (Å²) in [6.07, 6.45) is 0. The van der Waals surface area contributed by atoms with Gasteiger partial charge in [0.2, 0.25) is 0 Å². The molecule has 0 fully saturated rings. The number of fused-ring (bicyclic) bond motifs is 1. The van der Waals surface area contributed by atoms with E-state index in [1.807, 2.05) is 48.5 Å². The first-order valence-corrected chi connectivity index (χ1v) is 9.75. The summed E-state index contributed by atoms with van der Waals surface area (Å²) in [4.78, 5) is 4.62. The van der Waals surface area contributed by atoms with Crippen LogP contribution in [-0.4, -0.2) is 10.7 Å². The Morgan fingerprint density at radius 3 is 2.54 bits per heavy atom. The summed E-state index contributed by atoms with van der Waals surface area (Å²) in [7, 11) is 0. The molecule has 0 spiro atoms. The molecule has 6 heteroatoms. The first-order valence-electron chi connectivity index (χ1n) is 8.39. The fourth-order valence-electron chi connectivity index (χ4n) is 2.93. The largest absolute Gasteiger partial charge is 0.454 e. The highest BCUT2D eigenvalue weighted by atomic mass is 35.5. The molecule has 0 aliphatic heterocycles. The van der Waals surface area contributed by atoms with Gasteiger partial charge in [0.1, 0.15) is 22.4 Å². The number of para-hydroxylation sites is 1. The molecule has 2 aromatic carbocycles. The van der Waals surface area contributed by atoms with E-state index in [-0.39, 0.29) is 5.75 Å². The van der Waals surface area contributed by atoms with Crippen LogP contribution in [0.15, 0.2) is 70.1 Å². The fourth-order valence-corrected chi connectivity index (χ4v) is 3.72. The molecule has 0 bridgehead atoms. The molecule has 0 atom stereocenters. The van der Waals surface area contributed by atoms with Crippen molar-refractivity contribution < 1.29 is 4.42 Å². The second-order valence-electron chi connectivity index (χ2n) is 5.95. The van der Waals surface area contributed by atoms with Gasteiger partial charge in [-0.3, -0.25) is 0 Å². The summed E-state index contributed by atoms with van der Waals surface area (Å²) < 4.78 is 5.96. The number of benzene rings is 2. The quantitative estimate of drug-likeness (QED) is 0.375. The maximum Gasteiger partial charge on any atom is 0.153 e. The molecule has 4 rings (SSSR count). The van der Waals surface area contributed by atoms with Crippen LogP contribution in [0, 0.1) is 22.7 Å². The molecule has 4 aromatic rings. The first-order chi connectivity index (χ1) is 13.7. The number of halogens is 1. The maximum absolute atomic E-state index is 9.75. The zero-order valence-corrected chi connectivity index (χ0v) is 16.1. The van der Waals surface area contributed by atoms with E-state index in [0.29, 0.717) is 27.1 Å². The van der Waals surface area contributed by atoms with E-state index in [2.05, 4.69) is 17.1 Å². The zero-order valence-electron chi connectivity index (χ0n) is 14.5. The van der Waals surface area contributed by atoms with Gasteiger partial charge in [-0.05, 0) is 35.9 Å². The Labute approximate surface area is 171 Å². The van der Waals surface area contributed by atoms with Gasteiger partial charge >= 0.3 is 0 Å². The van der Waals surface area contributed by atoms with E-state index in [1.165, 1.54) is 11.8 Å². The SMILES string of the molecule is N#CCSc1nc(-c2cc3ccccc3o2)cc(-c2ccc(Cl)cc2)c1C#N. The summed E-state index contributed by atoms with van der Waals surface area (Å²) in [5.41, 5.74) is 3.38.